The number of phenolic OH excluding ortho intramolecular Hbond substituents is 1. The van der Waals surface area contributed by atoms with Gasteiger partial charge in [0, 0.05) is 10.9 Å². The molecule has 3 rings (SSSR count). The van der Waals surface area contributed by atoms with Crippen LogP contribution in [0.25, 0.3) is 11.0 Å². The minimum Gasteiger partial charge on any atom is -0.506 e. The molecule has 1 atom stereocenters. The van der Waals surface area contributed by atoms with Crippen LogP contribution < -0.4 is 21.9 Å². The summed E-state index contributed by atoms with van der Waals surface area (Å²) in [4.78, 5) is 13.3. The Kier molecular flexibility index (Phi) is 5.45. The number of benzene rings is 2. The lowest BCUT2D eigenvalue weighted by Crippen LogP contribution is -2.47. The Morgan fingerprint density at radius 3 is 2.07 bits per heavy atom. The van der Waals surface area contributed by atoms with Gasteiger partial charge in [0.25, 0.3) is 0 Å². The summed E-state index contributed by atoms with van der Waals surface area (Å²) in [5, 5.41) is 20.2. The Balaban J connectivity index is 2.40. The number of carbonyl (C=O) groups excluding carboxylic acids is 1. The summed E-state index contributed by atoms with van der Waals surface area (Å²) in [7, 11) is 23.8. The Bertz CT molecular complexity index is 1090. The lowest BCUT2D eigenvalue weighted by Gasteiger charge is -2.13. The second kappa shape index (κ2) is 7.22. The van der Waals surface area contributed by atoms with E-state index in [1.807, 2.05) is 0 Å². The summed E-state index contributed by atoms with van der Waals surface area (Å²) in [6.07, 6.45) is -1.12. The van der Waals surface area contributed by atoms with E-state index in [0.29, 0.717) is 8.95 Å². The van der Waals surface area contributed by atoms with Crippen molar-refractivity contribution in [2.24, 2.45) is 0 Å². The minimum atomic E-state index is -1.12. The fraction of sp³-hybridized carbons (Fsp3) is 0.118. The third-order valence-corrected chi connectivity index (χ3v) is 5.41. The van der Waals surface area contributed by atoms with Crippen molar-refractivity contribution in [1.82, 2.24) is 0 Å². The van der Waals surface area contributed by atoms with Crippen LogP contribution >= 0.6 is 31.9 Å². The van der Waals surface area contributed by atoms with Crippen LogP contribution in [0.2, 0.25) is 0 Å². The summed E-state index contributed by atoms with van der Waals surface area (Å²) in [5.41, 5.74) is 0.457. The number of aliphatic hydroxyl groups is 1. The van der Waals surface area contributed by atoms with Gasteiger partial charge in [-0.1, -0.05) is 10.9 Å². The number of aromatic hydroxyl groups is 1. The number of halogens is 2. The lowest BCUT2D eigenvalue weighted by atomic mass is 9.65. The van der Waals surface area contributed by atoms with Crippen LogP contribution in [0.3, 0.4) is 0 Å². The van der Waals surface area contributed by atoms with Gasteiger partial charge in [0.15, 0.2) is 5.78 Å². The van der Waals surface area contributed by atoms with E-state index < -0.39 is 11.9 Å². The fourth-order valence-corrected chi connectivity index (χ4v) is 3.99. The number of fused-ring (bicyclic) bond motifs is 1. The van der Waals surface area contributed by atoms with Crippen molar-refractivity contribution in [3.8, 4) is 5.75 Å². The van der Waals surface area contributed by atoms with Crippen molar-refractivity contribution in [3.05, 3.63) is 38.0 Å². The maximum atomic E-state index is 13.3. The highest BCUT2D eigenvalue weighted by molar-refractivity contribution is 9.11. The van der Waals surface area contributed by atoms with Crippen molar-refractivity contribution in [1.29, 1.82) is 0 Å². The number of hydrogen-bond acceptors (Lipinski definition) is 4. The molecule has 126 valence electrons. The number of hydrogen-bond donors (Lipinski definition) is 2. The number of carbonyl (C=O) groups is 1. The normalized spacial score (nSPS) is 12.4. The Morgan fingerprint density at radius 1 is 1.04 bits per heavy atom. The van der Waals surface area contributed by atoms with E-state index >= 15 is 0 Å². The van der Waals surface area contributed by atoms with Crippen molar-refractivity contribution < 1.29 is 19.4 Å². The molecule has 3 aromatic rings. The molecule has 0 spiro atoms. The molecule has 0 amide bonds. The summed E-state index contributed by atoms with van der Waals surface area (Å²) in [6, 6.07) is 2.88. The molecule has 2 aromatic carbocycles. The third-order valence-electron chi connectivity index (χ3n) is 4.21. The highest BCUT2D eigenvalue weighted by atomic mass is 79.9. The van der Waals surface area contributed by atoms with Gasteiger partial charge in [-0.3, -0.25) is 4.79 Å². The molecule has 0 aliphatic heterocycles. The molecular formula is C17H8B4Br2O4. The summed E-state index contributed by atoms with van der Waals surface area (Å²) in [5.74, 6) is -0.569. The SMILES string of the molecule is [B]c1c([B])c([B])c2c(C(=O)c3cc(Br)c(O)c(Br)c3)c(C(C)O)oc2c1[B]. The molecule has 0 aliphatic rings. The maximum absolute atomic E-state index is 13.3. The molecule has 2 N–H and O–H groups in total. The van der Waals surface area contributed by atoms with Crippen molar-refractivity contribution >= 4 is 102 Å². The van der Waals surface area contributed by atoms with E-state index in [2.05, 4.69) is 31.9 Å². The zero-order chi connectivity index (χ0) is 20.2. The number of phenols is 1. The molecule has 1 heterocycles. The molecule has 27 heavy (non-hydrogen) atoms. The molecule has 0 saturated carbocycles. The van der Waals surface area contributed by atoms with Crippen LogP contribution in [0.4, 0.5) is 0 Å². The molecule has 10 heteroatoms. The second-order valence-electron chi connectivity index (χ2n) is 5.99. The fourth-order valence-electron chi connectivity index (χ4n) is 2.80. The summed E-state index contributed by atoms with van der Waals surface area (Å²) in [6.45, 7) is 1.44. The summed E-state index contributed by atoms with van der Waals surface area (Å²) >= 11 is 6.37. The molecule has 0 aliphatic carbocycles. The molecule has 0 bridgehead atoms. The van der Waals surface area contributed by atoms with Crippen molar-refractivity contribution in [3.63, 3.8) is 0 Å². The molecule has 4 nitrogen and oxygen atoms in total. The third kappa shape index (κ3) is 3.22. The first kappa shape index (κ1) is 20.4. The molecule has 0 fully saturated rings. The number of furan rings is 1. The van der Waals surface area contributed by atoms with Crippen molar-refractivity contribution in [2.45, 2.75) is 13.0 Å². The maximum Gasteiger partial charge on any atom is 0.197 e. The first-order chi connectivity index (χ1) is 12.6. The van der Waals surface area contributed by atoms with Crippen LogP contribution in [0.1, 0.15) is 34.7 Å². The predicted octanol–water partition coefficient (Wildman–Crippen LogP) is 0.123. The minimum absolute atomic E-state index is 0.0151. The molecule has 8 radical (unpaired) electrons. The zero-order valence-electron chi connectivity index (χ0n) is 14.0. The lowest BCUT2D eigenvalue weighted by molar-refractivity contribution is 0.102. The average molecular weight is 479 g/mol. The molecule has 0 saturated heterocycles. The number of aliphatic hydroxyl groups excluding tert-OH is 1. The van der Waals surface area contributed by atoms with Gasteiger partial charge in [0.05, 0.1) is 14.5 Å². The Labute approximate surface area is 177 Å². The van der Waals surface area contributed by atoms with Gasteiger partial charge in [-0.2, -0.15) is 0 Å². The van der Waals surface area contributed by atoms with Gasteiger partial charge in [-0.15, -0.1) is 10.9 Å². The van der Waals surface area contributed by atoms with Crippen LogP contribution in [0.5, 0.6) is 5.75 Å². The highest BCUT2D eigenvalue weighted by Crippen LogP contribution is 2.36. The van der Waals surface area contributed by atoms with E-state index in [4.69, 9.17) is 35.8 Å². The van der Waals surface area contributed by atoms with E-state index in [0.717, 1.165) is 0 Å². The van der Waals surface area contributed by atoms with E-state index in [1.165, 1.54) is 19.1 Å². The molecule has 1 aromatic heterocycles. The predicted molar refractivity (Wildman–Crippen MR) is 115 cm³/mol. The number of rotatable bonds is 3. The van der Waals surface area contributed by atoms with Crippen LogP contribution in [-0.4, -0.2) is 47.4 Å². The van der Waals surface area contributed by atoms with Gasteiger partial charge in [-0.25, -0.2) is 0 Å². The van der Waals surface area contributed by atoms with Gasteiger partial charge in [0.2, 0.25) is 0 Å². The molecule has 1 unspecified atom stereocenters. The van der Waals surface area contributed by atoms with E-state index in [1.54, 1.807) is 0 Å². The standard InChI is InChI=1S/C17H8B4Br2O4/c1-4(24)16-9(14(25)5-2-6(22)15(26)7(23)3-5)8-10(18)11(19)12(20)13(21)17(8)27-16/h2-4,24,26H,1H3. The van der Waals surface area contributed by atoms with Crippen LogP contribution in [-0.2, 0) is 0 Å². The van der Waals surface area contributed by atoms with Crippen LogP contribution in [0.15, 0.2) is 25.5 Å². The van der Waals surface area contributed by atoms with Gasteiger partial charge >= 0.3 is 0 Å². The van der Waals surface area contributed by atoms with Crippen molar-refractivity contribution in [2.75, 3.05) is 0 Å². The van der Waals surface area contributed by atoms with E-state index in [-0.39, 0.29) is 55.5 Å². The van der Waals surface area contributed by atoms with Crippen LogP contribution in [0, 0.1) is 0 Å². The second-order valence-corrected chi connectivity index (χ2v) is 7.70. The zero-order valence-corrected chi connectivity index (χ0v) is 17.2. The topological polar surface area (TPSA) is 70.7 Å². The summed E-state index contributed by atoms with van der Waals surface area (Å²) < 4.78 is 6.27. The van der Waals surface area contributed by atoms with Gasteiger partial charge < -0.3 is 14.6 Å². The quantitative estimate of drug-likeness (QED) is 0.414. The Morgan fingerprint density at radius 2 is 1.56 bits per heavy atom. The average Bonchev–Trinajstić information content (AvgIpc) is 3.02. The smallest absolute Gasteiger partial charge is 0.197 e. The Hall–Kier alpha value is -1.37. The number of ketones is 1. The molecular weight excluding hydrogens is 471 g/mol. The first-order valence-corrected chi connectivity index (χ1v) is 9.23. The highest BCUT2D eigenvalue weighted by Gasteiger charge is 2.28. The monoisotopic (exact) mass is 478 g/mol. The van der Waals surface area contributed by atoms with Gasteiger partial charge in [-0.05, 0) is 50.9 Å². The van der Waals surface area contributed by atoms with E-state index in [9.17, 15) is 15.0 Å². The van der Waals surface area contributed by atoms with Gasteiger partial charge in [0.1, 0.15) is 54.6 Å². The first-order valence-electron chi connectivity index (χ1n) is 7.65. The largest absolute Gasteiger partial charge is 0.506 e.